The van der Waals surface area contributed by atoms with Crippen molar-refractivity contribution in [3.63, 3.8) is 0 Å². The molecule has 0 radical (unpaired) electrons. The molecule has 3 rings (SSSR count). The lowest BCUT2D eigenvalue weighted by molar-refractivity contribution is -0.126. The van der Waals surface area contributed by atoms with E-state index in [-0.39, 0.29) is 22.8 Å². The molecule has 1 atom stereocenters. The van der Waals surface area contributed by atoms with E-state index in [0.717, 1.165) is 5.56 Å². The van der Waals surface area contributed by atoms with E-state index >= 15 is 0 Å². The number of piperidine rings is 1. The van der Waals surface area contributed by atoms with Crippen molar-refractivity contribution in [2.24, 2.45) is 5.92 Å². The lowest BCUT2D eigenvalue weighted by Gasteiger charge is -2.31. The molecule has 2 aromatic rings. The molecule has 0 aliphatic carbocycles. The van der Waals surface area contributed by atoms with Gasteiger partial charge in [-0.1, -0.05) is 23.7 Å². The first-order valence-electron chi connectivity index (χ1n) is 9.51. The Morgan fingerprint density at radius 1 is 1.10 bits per heavy atom. The maximum absolute atomic E-state index is 12.8. The van der Waals surface area contributed by atoms with Crippen LogP contribution in [0.3, 0.4) is 0 Å². The van der Waals surface area contributed by atoms with Crippen molar-refractivity contribution in [1.29, 1.82) is 0 Å². The summed E-state index contributed by atoms with van der Waals surface area (Å²) >= 11 is 7.53. The number of nitrogens with one attached hydrogen (secondary N) is 1. The van der Waals surface area contributed by atoms with Crippen LogP contribution in [0, 0.1) is 5.92 Å². The van der Waals surface area contributed by atoms with Gasteiger partial charge >= 0.3 is 0 Å². The van der Waals surface area contributed by atoms with Crippen molar-refractivity contribution in [3.8, 4) is 0 Å². The van der Waals surface area contributed by atoms with Gasteiger partial charge in [-0.3, -0.25) is 4.79 Å². The minimum atomic E-state index is -3.56. The smallest absolute Gasteiger partial charge is 0.243 e. The fourth-order valence-electron chi connectivity index (χ4n) is 3.42. The van der Waals surface area contributed by atoms with Gasteiger partial charge in [-0.2, -0.15) is 4.31 Å². The molecule has 8 heteroatoms. The lowest BCUT2D eigenvalue weighted by atomic mass is 9.96. The van der Waals surface area contributed by atoms with Crippen molar-refractivity contribution in [2.75, 3.05) is 19.3 Å². The number of benzene rings is 2. The number of sulfonamides is 1. The highest BCUT2D eigenvalue weighted by molar-refractivity contribution is 7.98. The van der Waals surface area contributed by atoms with Gasteiger partial charge in [-0.15, -0.1) is 11.8 Å². The van der Waals surface area contributed by atoms with E-state index in [9.17, 15) is 13.2 Å². The second-order valence-corrected chi connectivity index (χ2v) is 10.4. The molecule has 1 saturated heterocycles. The van der Waals surface area contributed by atoms with E-state index in [1.807, 2.05) is 37.4 Å². The molecule has 5 nitrogen and oxygen atoms in total. The molecular weight excluding hydrogens is 428 g/mol. The van der Waals surface area contributed by atoms with Crippen LogP contribution in [0.4, 0.5) is 0 Å². The maximum Gasteiger partial charge on any atom is 0.243 e. The lowest BCUT2D eigenvalue weighted by Crippen LogP contribution is -2.43. The van der Waals surface area contributed by atoms with Crippen LogP contribution in [0.15, 0.2) is 58.3 Å². The summed E-state index contributed by atoms with van der Waals surface area (Å²) in [5, 5.41) is 3.56. The van der Waals surface area contributed by atoms with E-state index < -0.39 is 10.0 Å². The third-order valence-corrected chi connectivity index (χ3v) is 8.16. The highest BCUT2D eigenvalue weighted by atomic mass is 35.5. The molecule has 1 N–H and O–H groups in total. The number of carbonyl (C=O) groups is 1. The minimum Gasteiger partial charge on any atom is -0.349 e. The summed E-state index contributed by atoms with van der Waals surface area (Å²) in [6.45, 7) is 2.63. The van der Waals surface area contributed by atoms with Crippen LogP contribution in [0.25, 0.3) is 0 Å². The molecule has 0 bridgehead atoms. The normalized spacial score (nSPS) is 17.1. The van der Waals surface area contributed by atoms with E-state index in [4.69, 9.17) is 11.6 Å². The fraction of sp³-hybridized carbons (Fsp3) is 0.381. The molecule has 1 amide bonds. The fourth-order valence-corrected chi connectivity index (χ4v) is 5.43. The van der Waals surface area contributed by atoms with Gasteiger partial charge in [0.1, 0.15) is 0 Å². The Labute approximate surface area is 181 Å². The van der Waals surface area contributed by atoms with E-state index in [1.54, 1.807) is 23.9 Å². The zero-order valence-corrected chi connectivity index (χ0v) is 18.9. The SMILES string of the molecule is CSc1ccc([C@H](C)NC(=O)C2CCN(S(=O)(=O)c3ccc(Cl)cc3)CC2)cc1. The highest BCUT2D eigenvalue weighted by Gasteiger charge is 2.32. The van der Waals surface area contributed by atoms with Gasteiger partial charge in [0.05, 0.1) is 10.9 Å². The maximum atomic E-state index is 12.8. The van der Waals surface area contributed by atoms with Crippen molar-refractivity contribution in [3.05, 3.63) is 59.1 Å². The molecule has 1 aliphatic rings. The van der Waals surface area contributed by atoms with Crippen LogP contribution in [0.2, 0.25) is 5.02 Å². The number of hydrogen-bond acceptors (Lipinski definition) is 4. The summed E-state index contributed by atoms with van der Waals surface area (Å²) in [5.74, 6) is -0.199. The van der Waals surface area contributed by atoms with Crippen LogP contribution in [0.1, 0.15) is 31.4 Å². The monoisotopic (exact) mass is 452 g/mol. The molecular formula is C21H25ClN2O3S2. The second kappa shape index (κ2) is 9.51. The first kappa shape index (κ1) is 22.2. The summed E-state index contributed by atoms with van der Waals surface area (Å²) in [5.41, 5.74) is 1.05. The van der Waals surface area contributed by atoms with Gasteiger partial charge in [0.2, 0.25) is 15.9 Å². The number of nitrogens with zero attached hydrogens (tertiary/aromatic N) is 1. The number of thioether (sulfide) groups is 1. The van der Waals surface area contributed by atoms with Gasteiger partial charge in [-0.05, 0) is 68.0 Å². The Hall–Kier alpha value is -1.54. The van der Waals surface area contributed by atoms with Crippen LogP contribution in [0.5, 0.6) is 0 Å². The molecule has 1 heterocycles. The highest BCUT2D eigenvalue weighted by Crippen LogP contribution is 2.26. The molecule has 0 spiro atoms. The molecule has 0 unspecified atom stereocenters. The minimum absolute atomic E-state index is 0.0185. The van der Waals surface area contributed by atoms with Crippen LogP contribution in [-0.4, -0.2) is 38.0 Å². The largest absolute Gasteiger partial charge is 0.349 e. The number of carbonyl (C=O) groups excluding carboxylic acids is 1. The van der Waals surface area contributed by atoms with Gasteiger partial charge in [0, 0.05) is 28.9 Å². The number of rotatable bonds is 6. The van der Waals surface area contributed by atoms with Crippen LogP contribution >= 0.6 is 23.4 Å². The van der Waals surface area contributed by atoms with Crippen molar-refractivity contribution >= 4 is 39.3 Å². The van der Waals surface area contributed by atoms with Gasteiger partial charge in [0.15, 0.2) is 0 Å². The quantitative estimate of drug-likeness (QED) is 0.662. The van der Waals surface area contributed by atoms with E-state index in [0.29, 0.717) is 31.0 Å². The topological polar surface area (TPSA) is 66.5 Å². The second-order valence-electron chi connectivity index (χ2n) is 7.14. The predicted octanol–water partition coefficient (Wildman–Crippen LogP) is 4.34. The van der Waals surface area contributed by atoms with Gasteiger partial charge in [-0.25, -0.2) is 8.42 Å². The number of amides is 1. The molecule has 29 heavy (non-hydrogen) atoms. The molecule has 1 fully saturated rings. The zero-order chi connectivity index (χ0) is 21.0. The third-order valence-electron chi connectivity index (χ3n) is 5.25. The van der Waals surface area contributed by atoms with Crippen molar-refractivity contribution in [1.82, 2.24) is 9.62 Å². The van der Waals surface area contributed by atoms with Crippen LogP contribution < -0.4 is 5.32 Å². The Morgan fingerprint density at radius 3 is 2.24 bits per heavy atom. The summed E-state index contributed by atoms with van der Waals surface area (Å²) in [7, 11) is -3.56. The molecule has 2 aromatic carbocycles. The van der Waals surface area contributed by atoms with E-state index in [1.165, 1.54) is 21.3 Å². The van der Waals surface area contributed by atoms with Crippen molar-refractivity contribution < 1.29 is 13.2 Å². The zero-order valence-electron chi connectivity index (χ0n) is 16.5. The van der Waals surface area contributed by atoms with Gasteiger partial charge in [0.25, 0.3) is 0 Å². The Bertz CT molecular complexity index is 939. The summed E-state index contributed by atoms with van der Waals surface area (Å²) in [4.78, 5) is 14.1. The first-order chi connectivity index (χ1) is 13.8. The third kappa shape index (κ3) is 5.34. The Morgan fingerprint density at radius 2 is 1.69 bits per heavy atom. The van der Waals surface area contributed by atoms with Crippen molar-refractivity contribution in [2.45, 2.75) is 35.6 Å². The standard InChI is InChI=1S/C21H25ClN2O3S2/c1-15(16-3-7-19(28-2)8-4-16)23-21(25)17-11-13-24(14-12-17)29(26,27)20-9-5-18(22)6-10-20/h3-10,15,17H,11-14H2,1-2H3,(H,23,25)/t15-/m0/s1. The molecule has 156 valence electrons. The van der Waals surface area contributed by atoms with E-state index in [2.05, 4.69) is 5.32 Å². The summed E-state index contributed by atoms with van der Waals surface area (Å²) in [6.07, 6.45) is 3.05. The Kier molecular flexibility index (Phi) is 7.27. The molecule has 1 aliphatic heterocycles. The summed E-state index contributed by atoms with van der Waals surface area (Å²) < 4.78 is 27.0. The molecule has 0 saturated carbocycles. The Balaban J connectivity index is 1.56. The van der Waals surface area contributed by atoms with Crippen LogP contribution in [-0.2, 0) is 14.8 Å². The first-order valence-corrected chi connectivity index (χ1v) is 12.6. The van der Waals surface area contributed by atoms with Gasteiger partial charge < -0.3 is 5.32 Å². The number of halogens is 1. The molecule has 0 aromatic heterocycles. The summed E-state index contributed by atoms with van der Waals surface area (Å²) in [6, 6.07) is 14.2. The predicted molar refractivity (Wildman–Crippen MR) is 118 cm³/mol. The number of hydrogen-bond donors (Lipinski definition) is 1. The average Bonchev–Trinajstić information content (AvgIpc) is 2.74. The average molecular weight is 453 g/mol.